The Morgan fingerprint density at radius 1 is 1.17 bits per heavy atom. The molecule has 1 amide bonds. The van der Waals surface area contributed by atoms with Gasteiger partial charge < -0.3 is 14.7 Å². The highest BCUT2D eigenvalue weighted by atomic mass is 32.2. The number of allylic oxidation sites excluding steroid dienone is 4. The lowest BCUT2D eigenvalue weighted by Gasteiger charge is -2.33. The van der Waals surface area contributed by atoms with Crippen molar-refractivity contribution >= 4 is 26.9 Å². The third-order valence-electron chi connectivity index (χ3n) is 8.52. The Kier molecular flexibility index (Phi) is 7.22. The topological polar surface area (TPSA) is 122 Å². The van der Waals surface area contributed by atoms with E-state index in [4.69, 9.17) is 4.52 Å². The number of piperazine rings is 1. The molecule has 42 heavy (non-hydrogen) atoms. The summed E-state index contributed by atoms with van der Waals surface area (Å²) in [6.45, 7) is 4.93. The standard InChI is InChI=1S/C29H32F2N6O4S/c1-17-20-13-23(31)21(14-26(20)41-35-17)27-33-19(16-32-24-15-22(24)29(2)6-4-18(30)5-7-29)12-25(34-27)28(38)36-8-10-37(11-9-36)42(3,39)40/h4-6,12-14,22,24,32H,7-11,15-16H2,1-3H3/t22-,24-,29?/m1/s1. The van der Waals surface area contributed by atoms with E-state index in [0.29, 0.717) is 41.2 Å². The van der Waals surface area contributed by atoms with Crippen LogP contribution < -0.4 is 5.32 Å². The first-order chi connectivity index (χ1) is 19.9. The molecule has 1 unspecified atom stereocenters. The molecule has 1 aromatic carbocycles. The fourth-order valence-electron chi connectivity index (χ4n) is 5.84. The minimum absolute atomic E-state index is 0.0380. The quantitative estimate of drug-likeness (QED) is 0.437. The average molecular weight is 599 g/mol. The van der Waals surface area contributed by atoms with E-state index in [1.807, 2.05) is 6.08 Å². The number of aromatic nitrogens is 3. The summed E-state index contributed by atoms with van der Waals surface area (Å²) in [6.07, 6.45) is 7.75. The van der Waals surface area contributed by atoms with Crippen molar-refractivity contribution in [3.05, 3.63) is 65.2 Å². The molecule has 2 fully saturated rings. The molecule has 2 aliphatic carbocycles. The number of amides is 1. The highest BCUT2D eigenvalue weighted by Crippen LogP contribution is 2.50. The van der Waals surface area contributed by atoms with E-state index in [2.05, 4.69) is 27.4 Å². The monoisotopic (exact) mass is 598 g/mol. The van der Waals surface area contributed by atoms with Crippen LogP contribution in [0.25, 0.3) is 22.4 Å². The van der Waals surface area contributed by atoms with Crippen molar-refractivity contribution in [3.8, 4) is 11.4 Å². The normalized spacial score (nSPS) is 24.7. The molecule has 3 heterocycles. The summed E-state index contributed by atoms with van der Waals surface area (Å²) in [4.78, 5) is 24.2. The number of nitrogens with zero attached hydrogens (tertiary/aromatic N) is 5. The van der Waals surface area contributed by atoms with Gasteiger partial charge in [0.25, 0.3) is 5.91 Å². The SMILES string of the molecule is Cc1noc2cc(-c3nc(CN[C@@H]4C[C@H]4C4(C)C=CC(F)=CC4)cc(C(=O)N4CCN(S(C)(=O)=O)CC4)n3)c(F)cc12. The summed E-state index contributed by atoms with van der Waals surface area (Å²) in [6, 6.07) is 4.58. The van der Waals surface area contributed by atoms with E-state index in [1.165, 1.54) is 22.5 Å². The Morgan fingerprint density at radius 2 is 1.93 bits per heavy atom. The molecule has 3 aromatic rings. The third-order valence-corrected chi connectivity index (χ3v) is 9.82. The Morgan fingerprint density at radius 3 is 2.62 bits per heavy atom. The van der Waals surface area contributed by atoms with Crippen LogP contribution in [0.4, 0.5) is 8.78 Å². The predicted molar refractivity (Wildman–Crippen MR) is 152 cm³/mol. The van der Waals surface area contributed by atoms with Gasteiger partial charge in [0, 0.05) is 44.2 Å². The molecule has 6 rings (SSSR count). The van der Waals surface area contributed by atoms with Crippen LogP contribution in [-0.4, -0.2) is 77.1 Å². The predicted octanol–water partition coefficient (Wildman–Crippen LogP) is 3.75. The largest absolute Gasteiger partial charge is 0.356 e. The number of hydrogen-bond donors (Lipinski definition) is 1. The first-order valence-corrected chi connectivity index (χ1v) is 15.7. The third kappa shape index (κ3) is 5.60. The van der Waals surface area contributed by atoms with Gasteiger partial charge in [-0.2, -0.15) is 4.31 Å². The van der Waals surface area contributed by atoms with Crippen molar-refractivity contribution in [1.82, 2.24) is 29.6 Å². The number of carbonyl (C=O) groups excluding carboxylic acids is 1. The van der Waals surface area contributed by atoms with Crippen LogP contribution in [0.1, 0.15) is 41.6 Å². The first kappa shape index (κ1) is 28.6. The van der Waals surface area contributed by atoms with Gasteiger partial charge in [0.1, 0.15) is 17.3 Å². The van der Waals surface area contributed by atoms with Crippen molar-refractivity contribution in [3.63, 3.8) is 0 Å². The maximum atomic E-state index is 15.3. The number of rotatable bonds is 7. The van der Waals surface area contributed by atoms with Gasteiger partial charge in [-0.3, -0.25) is 4.79 Å². The van der Waals surface area contributed by atoms with Crippen LogP contribution in [0.2, 0.25) is 0 Å². The van der Waals surface area contributed by atoms with E-state index in [1.54, 1.807) is 24.0 Å². The number of sulfonamides is 1. The number of aryl methyl sites for hydroxylation is 1. The van der Waals surface area contributed by atoms with Gasteiger partial charge in [-0.25, -0.2) is 27.2 Å². The van der Waals surface area contributed by atoms with E-state index in [-0.39, 0.29) is 66.5 Å². The molecule has 2 aromatic heterocycles. The number of halogens is 2. The lowest BCUT2D eigenvalue weighted by atomic mass is 9.78. The van der Waals surface area contributed by atoms with Gasteiger partial charge in [0.15, 0.2) is 11.4 Å². The molecule has 0 bridgehead atoms. The Balaban J connectivity index is 1.26. The second kappa shape index (κ2) is 10.6. The maximum absolute atomic E-state index is 15.3. The molecular formula is C29H32F2N6O4S. The lowest BCUT2D eigenvalue weighted by Crippen LogP contribution is -2.50. The second-order valence-corrected chi connectivity index (χ2v) is 13.6. The van der Waals surface area contributed by atoms with Crippen LogP contribution in [0.15, 0.2) is 46.8 Å². The summed E-state index contributed by atoms with van der Waals surface area (Å²) >= 11 is 0. The molecule has 10 nitrogen and oxygen atoms in total. The highest BCUT2D eigenvalue weighted by Gasteiger charge is 2.48. The van der Waals surface area contributed by atoms with E-state index in [0.717, 1.165) is 12.7 Å². The summed E-state index contributed by atoms with van der Waals surface area (Å²) in [5.41, 5.74) is 1.46. The van der Waals surface area contributed by atoms with Crippen LogP contribution in [0.5, 0.6) is 0 Å². The van der Waals surface area contributed by atoms with E-state index < -0.39 is 15.8 Å². The van der Waals surface area contributed by atoms with Crippen molar-refractivity contribution in [2.45, 2.75) is 39.3 Å². The highest BCUT2D eigenvalue weighted by molar-refractivity contribution is 7.88. The maximum Gasteiger partial charge on any atom is 0.272 e. The van der Waals surface area contributed by atoms with E-state index >= 15 is 4.39 Å². The van der Waals surface area contributed by atoms with Crippen molar-refractivity contribution in [1.29, 1.82) is 0 Å². The first-order valence-electron chi connectivity index (χ1n) is 13.9. The van der Waals surface area contributed by atoms with E-state index in [9.17, 15) is 17.6 Å². The summed E-state index contributed by atoms with van der Waals surface area (Å²) in [7, 11) is -3.36. The zero-order chi connectivity index (χ0) is 29.8. The Labute approximate surface area is 242 Å². The number of carbonyl (C=O) groups is 1. The number of nitrogens with one attached hydrogen (secondary N) is 1. The Bertz CT molecular complexity index is 1730. The van der Waals surface area contributed by atoms with Gasteiger partial charge >= 0.3 is 0 Å². The van der Waals surface area contributed by atoms with Crippen molar-refractivity contribution < 1.29 is 26.5 Å². The fraction of sp³-hybridized carbons (Fsp3) is 0.448. The number of hydrogen-bond acceptors (Lipinski definition) is 8. The second-order valence-electron chi connectivity index (χ2n) is 11.6. The summed E-state index contributed by atoms with van der Waals surface area (Å²) < 4.78 is 59.4. The van der Waals surface area contributed by atoms with Gasteiger partial charge in [-0.05, 0) is 61.4 Å². The summed E-state index contributed by atoms with van der Waals surface area (Å²) in [5, 5.41) is 7.93. The smallest absolute Gasteiger partial charge is 0.272 e. The fourth-order valence-corrected chi connectivity index (χ4v) is 6.66. The molecule has 3 aliphatic rings. The zero-order valence-corrected chi connectivity index (χ0v) is 24.4. The lowest BCUT2D eigenvalue weighted by molar-refractivity contribution is 0.0692. The minimum atomic E-state index is -3.36. The molecule has 1 aliphatic heterocycles. The summed E-state index contributed by atoms with van der Waals surface area (Å²) in [5.74, 6) is -0.814. The number of benzene rings is 1. The number of fused-ring (bicyclic) bond motifs is 1. The Hall–Kier alpha value is -3.55. The van der Waals surface area contributed by atoms with Crippen LogP contribution in [-0.2, 0) is 16.6 Å². The molecule has 0 radical (unpaired) electrons. The van der Waals surface area contributed by atoms with Crippen LogP contribution in [0, 0.1) is 24.1 Å². The van der Waals surface area contributed by atoms with Gasteiger partial charge in [-0.15, -0.1) is 0 Å². The van der Waals surface area contributed by atoms with Gasteiger partial charge in [0.05, 0.1) is 23.2 Å². The molecule has 3 atom stereocenters. The molecule has 222 valence electrons. The van der Waals surface area contributed by atoms with Crippen molar-refractivity contribution in [2.24, 2.45) is 11.3 Å². The molecule has 0 spiro atoms. The van der Waals surface area contributed by atoms with Gasteiger partial charge in [0.2, 0.25) is 10.0 Å². The van der Waals surface area contributed by atoms with Gasteiger partial charge in [-0.1, -0.05) is 18.2 Å². The van der Waals surface area contributed by atoms with Crippen LogP contribution in [0.3, 0.4) is 0 Å². The van der Waals surface area contributed by atoms with Crippen molar-refractivity contribution in [2.75, 3.05) is 32.4 Å². The molecule has 1 N–H and O–H groups in total. The molecule has 1 saturated heterocycles. The minimum Gasteiger partial charge on any atom is -0.356 e. The zero-order valence-electron chi connectivity index (χ0n) is 23.6. The van der Waals surface area contributed by atoms with Crippen LogP contribution >= 0.6 is 0 Å². The average Bonchev–Trinajstić information content (AvgIpc) is 3.68. The molecule has 13 heteroatoms. The molecular weight excluding hydrogens is 566 g/mol. The molecule has 1 saturated carbocycles.